The zero-order chi connectivity index (χ0) is 14.5. The molecule has 0 aliphatic heterocycles. The number of amides is 1. The maximum absolute atomic E-state index is 12.2. The van der Waals surface area contributed by atoms with Gasteiger partial charge in [0.15, 0.2) is 0 Å². The van der Waals surface area contributed by atoms with Crippen molar-refractivity contribution in [1.29, 1.82) is 0 Å². The standard InChI is InChI=1S/C16H25NO2/c1-12-7-5-8-13(2)14(12)15(19)17-11-16(3,4)9-6-10-18/h5,7-8,18H,6,9-11H2,1-4H3,(H,17,19). The highest BCUT2D eigenvalue weighted by molar-refractivity contribution is 5.97. The molecule has 106 valence electrons. The van der Waals surface area contributed by atoms with E-state index in [1.54, 1.807) is 0 Å². The average molecular weight is 263 g/mol. The van der Waals surface area contributed by atoms with Crippen molar-refractivity contribution in [3.05, 3.63) is 34.9 Å². The van der Waals surface area contributed by atoms with Crippen LogP contribution in [-0.2, 0) is 0 Å². The summed E-state index contributed by atoms with van der Waals surface area (Å²) in [7, 11) is 0. The molecular weight excluding hydrogens is 238 g/mol. The van der Waals surface area contributed by atoms with Crippen molar-refractivity contribution in [3.63, 3.8) is 0 Å². The number of benzene rings is 1. The zero-order valence-electron chi connectivity index (χ0n) is 12.4. The fraction of sp³-hybridized carbons (Fsp3) is 0.562. The van der Waals surface area contributed by atoms with E-state index in [1.807, 2.05) is 32.0 Å². The predicted molar refractivity (Wildman–Crippen MR) is 78.4 cm³/mol. The number of hydrogen-bond donors (Lipinski definition) is 2. The second kappa shape index (κ2) is 6.71. The Morgan fingerprint density at radius 3 is 2.37 bits per heavy atom. The summed E-state index contributed by atoms with van der Waals surface area (Å²) in [5.41, 5.74) is 2.80. The lowest BCUT2D eigenvalue weighted by Gasteiger charge is -2.25. The van der Waals surface area contributed by atoms with Gasteiger partial charge < -0.3 is 10.4 Å². The molecule has 0 aliphatic carbocycles. The SMILES string of the molecule is Cc1cccc(C)c1C(=O)NCC(C)(C)CCCO. The molecule has 0 fully saturated rings. The Kier molecular flexibility index (Phi) is 5.55. The van der Waals surface area contributed by atoms with Crippen LogP contribution < -0.4 is 5.32 Å². The Labute approximate surface area is 116 Å². The first-order valence-corrected chi connectivity index (χ1v) is 6.83. The van der Waals surface area contributed by atoms with E-state index in [9.17, 15) is 4.79 Å². The lowest BCUT2D eigenvalue weighted by atomic mass is 9.87. The molecule has 0 saturated heterocycles. The quantitative estimate of drug-likeness (QED) is 0.829. The van der Waals surface area contributed by atoms with Crippen LogP contribution >= 0.6 is 0 Å². The summed E-state index contributed by atoms with van der Waals surface area (Å²) in [6, 6.07) is 5.88. The summed E-state index contributed by atoms with van der Waals surface area (Å²) in [5, 5.41) is 11.9. The highest BCUT2D eigenvalue weighted by atomic mass is 16.2. The minimum atomic E-state index is -0.00678. The van der Waals surface area contributed by atoms with Gasteiger partial charge in [-0.2, -0.15) is 0 Å². The molecule has 3 heteroatoms. The van der Waals surface area contributed by atoms with Gasteiger partial charge in [-0.05, 0) is 43.2 Å². The number of nitrogens with one attached hydrogen (secondary N) is 1. The Morgan fingerprint density at radius 2 is 1.84 bits per heavy atom. The molecule has 0 heterocycles. The maximum Gasteiger partial charge on any atom is 0.251 e. The molecule has 1 amide bonds. The van der Waals surface area contributed by atoms with E-state index < -0.39 is 0 Å². The second-order valence-corrected chi connectivity index (χ2v) is 5.94. The minimum absolute atomic E-state index is 0.00678. The van der Waals surface area contributed by atoms with Crippen LogP contribution in [0.2, 0.25) is 0 Å². The van der Waals surface area contributed by atoms with Crippen molar-refractivity contribution >= 4 is 5.91 Å². The molecule has 0 atom stereocenters. The molecule has 0 aliphatic rings. The predicted octanol–water partition coefficient (Wildman–Crippen LogP) is 2.83. The summed E-state index contributed by atoms with van der Waals surface area (Å²) in [5.74, 6) is -0.00678. The van der Waals surface area contributed by atoms with Crippen molar-refractivity contribution < 1.29 is 9.90 Å². The number of carbonyl (C=O) groups excluding carboxylic acids is 1. The molecule has 0 unspecified atom stereocenters. The molecule has 0 spiro atoms. The third-order valence-corrected chi connectivity index (χ3v) is 3.45. The number of aliphatic hydroxyl groups excluding tert-OH is 1. The monoisotopic (exact) mass is 263 g/mol. The van der Waals surface area contributed by atoms with Gasteiger partial charge in [0, 0.05) is 18.7 Å². The molecule has 2 N–H and O–H groups in total. The summed E-state index contributed by atoms with van der Waals surface area (Å²) >= 11 is 0. The van der Waals surface area contributed by atoms with Gasteiger partial charge in [0.2, 0.25) is 0 Å². The van der Waals surface area contributed by atoms with Gasteiger partial charge in [0.1, 0.15) is 0 Å². The lowest BCUT2D eigenvalue weighted by molar-refractivity contribution is 0.0931. The molecular formula is C16H25NO2. The summed E-state index contributed by atoms with van der Waals surface area (Å²) in [6.07, 6.45) is 1.67. The van der Waals surface area contributed by atoms with Gasteiger partial charge in [0.25, 0.3) is 5.91 Å². The smallest absolute Gasteiger partial charge is 0.251 e. The van der Waals surface area contributed by atoms with Gasteiger partial charge in [-0.25, -0.2) is 0 Å². The maximum atomic E-state index is 12.2. The van der Waals surface area contributed by atoms with Crippen molar-refractivity contribution in [2.75, 3.05) is 13.2 Å². The van der Waals surface area contributed by atoms with Crippen LogP contribution in [0.15, 0.2) is 18.2 Å². The third-order valence-electron chi connectivity index (χ3n) is 3.45. The van der Waals surface area contributed by atoms with Gasteiger partial charge in [-0.15, -0.1) is 0 Å². The first kappa shape index (κ1) is 15.7. The van der Waals surface area contributed by atoms with Crippen LogP contribution in [0.5, 0.6) is 0 Å². The fourth-order valence-corrected chi connectivity index (χ4v) is 2.23. The topological polar surface area (TPSA) is 49.3 Å². The number of aliphatic hydroxyl groups is 1. The van der Waals surface area contributed by atoms with Crippen LogP contribution in [0.1, 0.15) is 48.2 Å². The molecule has 19 heavy (non-hydrogen) atoms. The van der Waals surface area contributed by atoms with E-state index in [4.69, 9.17) is 5.11 Å². The van der Waals surface area contributed by atoms with Crippen LogP contribution in [0.3, 0.4) is 0 Å². The molecule has 1 aromatic carbocycles. The van der Waals surface area contributed by atoms with Crippen LogP contribution in [0.25, 0.3) is 0 Å². The lowest BCUT2D eigenvalue weighted by Crippen LogP contribution is -2.34. The fourth-order valence-electron chi connectivity index (χ4n) is 2.23. The molecule has 0 aromatic heterocycles. The van der Waals surface area contributed by atoms with E-state index in [1.165, 1.54) is 0 Å². The van der Waals surface area contributed by atoms with Crippen LogP contribution in [0, 0.1) is 19.3 Å². The third kappa shape index (κ3) is 4.67. The number of rotatable bonds is 6. The Balaban J connectivity index is 2.66. The second-order valence-electron chi connectivity index (χ2n) is 5.94. The molecule has 0 radical (unpaired) electrons. The van der Waals surface area contributed by atoms with Gasteiger partial charge in [-0.3, -0.25) is 4.79 Å². The first-order valence-electron chi connectivity index (χ1n) is 6.83. The highest BCUT2D eigenvalue weighted by Gasteiger charge is 2.19. The normalized spacial score (nSPS) is 11.4. The molecule has 1 aromatic rings. The number of hydrogen-bond acceptors (Lipinski definition) is 2. The Morgan fingerprint density at radius 1 is 1.26 bits per heavy atom. The van der Waals surface area contributed by atoms with Gasteiger partial charge >= 0.3 is 0 Å². The Bertz CT molecular complexity index is 418. The number of carbonyl (C=O) groups is 1. The molecule has 0 saturated carbocycles. The van der Waals surface area contributed by atoms with Crippen molar-refractivity contribution in [2.45, 2.75) is 40.5 Å². The average Bonchev–Trinajstić information content (AvgIpc) is 2.34. The van der Waals surface area contributed by atoms with E-state index in [0.717, 1.165) is 29.5 Å². The highest BCUT2D eigenvalue weighted by Crippen LogP contribution is 2.21. The molecule has 3 nitrogen and oxygen atoms in total. The van der Waals surface area contributed by atoms with E-state index in [2.05, 4.69) is 19.2 Å². The van der Waals surface area contributed by atoms with Crippen molar-refractivity contribution in [1.82, 2.24) is 5.32 Å². The van der Waals surface area contributed by atoms with Crippen molar-refractivity contribution in [3.8, 4) is 0 Å². The molecule has 0 bridgehead atoms. The van der Waals surface area contributed by atoms with Crippen LogP contribution in [-0.4, -0.2) is 24.2 Å². The largest absolute Gasteiger partial charge is 0.396 e. The van der Waals surface area contributed by atoms with Gasteiger partial charge in [-0.1, -0.05) is 32.0 Å². The first-order chi connectivity index (χ1) is 8.87. The molecule has 1 rings (SSSR count). The Hall–Kier alpha value is -1.35. The summed E-state index contributed by atoms with van der Waals surface area (Å²) in [6.45, 7) is 8.95. The van der Waals surface area contributed by atoms with E-state index in [-0.39, 0.29) is 17.9 Å². The zero-order valence-corrected chi connectivity index (χ0v) is 12.4. The summed E-state index contributed by atoms with van der Waals surface area (Å²) < 4.78 is 0. The van der Waals surface area contributed by atoms with Gasteiger partial charge in [0.05, 0.1) is 0 Å². The minimum Gasteiger partial charge on any atom is -0.396 e. The number of aryl methyl sites for hydroxylation is 2. The summed E-state index contributed by atoms with van der Waals surface area (Å²) in [4.78, 5) is 12.2. The van der Waals surface area contributed by atoms with E-state index in [0.29, 0.717) is 6.54 Å². The van der Waals surface area contributed by atoms with Crippen LogP contribution in [0.4, 0.5) is 0 Å². The van der Waals surface area contributed by atoms with Crippen molar-refractivity contribution in [2.24, 2.45) is 5.41 Å². The van der Waals surface area contributed by atoms with E-state index >= 15 is 0 Å².